The quantitative estimate of drug-likeness (QED) is 0.923. The zero-order valence-corrected chi connectivity index (χ0v) is 12.6. The topological polar surface area (TPSA) is 38.5 Å². The average Bonchev–Trinajstić information content (AvgIpc) is 2.31. The largest absolute Gasteiger partial charge is 0.434 e. The Kier molecular flexibility index (Phi) is 9.05. The number of halogens is 4. The maximum atomic E-state index is 12.3. The predicted molar refractivity (Wildman–Crippen MR) is 80.1 cm³/mol. The van der Waals surface area contributed by atoms with E-state index in [9.17, 15) is 8.78 Å². The van der Waals surface area contributed by atoms with Crippen LogP contribution in [0.2, 0.25) is 0 Å². The van der Waals surface area contributed by atoms with Crippen molar-refractivity contribution in [1.82, 2.24) is 4.90 Å². The fourth-order valence-electron chi connectivity index (χ4n) is 2.32. The summed E-state index contributed by atoms with van der Waals surface area (Å²) in [4.78, 5) is 2.18. The van der Waals surface area contributed by atoms with Crippen molar-refractivity contribution in [3.8, 4) is 5.75 Å². The maximum Gasteiger partial charge on any atom is 0.387 e. The van der Waals surface area contributed by atoms with Crippen LogP contribution >= 0.6 is 24.8 Å². The summed E-state index contributed by atoms with van der Waals surface area (Å²) in [6.45, 7) is -0.411. The molecule has 3 nitrogen and oxygen atoms in total. The normalized spacial score (nSPS) is 19.1. The summed E-state index contributed by atoms with van der Waals surface area (Å²) >= 11 is 0. The highest BCUT2D eigenvalue weighted by Crippen LogP contribution is 2.23. The lowest BCUT2D eigenvalue weighted by Gasteiger charge is -2.31. The number of nitrogens with zero attached hydrogens (tertiary/aromatic N) is 1. The molecule has 1 aliphatic heterocycles. The Balaban J connectivity index is 0.00000180. The minimum atomic E-state index is -2.78. The number of hydrogen-bond donors (Lipinski definition) is 1. The summed E-state index contributed by atoms with van der Waals surface area (Å²) in [6.07, 6.45) is 2.09. The Labute approximate surface area is 130 Å². The number of piperidine rings is 1. The van der Waals surface area contributed by atoms with Crippen LogP contribution in [0.4, 0.5) is 8.78 Å². The summed E-state index contributed by atoms with van der Waals surface area (Å²) in [5.41, 5.74) is 6.69. The smallest absolute Gasteiger partial charge is 0.387 e. The third-order valence-electron chi connectivity index (χ3n) is 3.12. The molecule has 1 aromatic carbocycles. The molecule has 1 atom stereocenters. The highest BCUT2D eigenvalue weighted by molar-refractivity contribution is 5.85. The van der Waals surface area contributed by atoms with Gasteiger partial charge in [0.2, 0.25) is 0 Å². The molecule has 116 valence electrons. The first-order valence-corrected chi connectivity index (χ1v) is 6.16. The molecule has 0 spiro atoms. The molecule has 2 N–H and O–H groups in total. The van der Waals surface area contributed by atoms with Gasteiger partial charge in [-0.3, -0.25) is 4.90 Å². The monoisotopic (exact) mass is 328 g/mol. The van der Waals surface area contributed by atoms with Gasteiger partial charge in [-0.1, -0.05) is 18.2 Å². The van der Waals surface area contributed by atoms with Crippen molar-refractivity contribution in [1.29, 1.82) is 0 Å². The van der Waals surface area contributed by atoms with Gasteiger partial charge in [-0.2, -0.15) is 8.78 Å². The molecule has 1 saturated heterocycles. The van der Waals surface area contributed by atoms with Crippen LogP contribution in [0.25, 0.3) is 0 Å². The molecular weight excluding hydrogens is 309 g/mol. The van der Waals surface area contributed by atoms with Crippen molar-refractivity contribution < 1.29 is 13.5 Å². The molecule has 1 unspecified atom stereocenters. The minimum absolute atomic E-state index is 0. The summed E-state index contributed by atoms with van der Waals surface area (Å²) in [5.74, 6) is 0.256. The summed E-state index contributed by atoms with van der Waals surface area (Å²) < 4.78 is 29.1. The van der Waals surface area contributed by atoms with Gasteiger partial charge in [0.15, 0.2) is 0 Å². The Morgan fingerprint density at radius 1 is 1.30 bits per heavy atom. The van der Waals surface area contributed by atoms with Gasteiger partial charge in [-0.05, 0) is 25.5 Å². The van der Waals surface area contributed by atoms with Crippen LogP contribution in [0.15, 0.2) is 24.3 Å². The Morgan fingerprint density at radius 2 is 2.00 bits per heavy atom. The van der Waals surface area contributed by atoms with Crippen LogP contribution in [-0.4, -0.2) is 30.6 Å². The van der Waals surface area contributed by atoms with Crippen molar-refractivity contribution in [3.05, 3.63) is 29.8 Å². The van der Waals surface area contributed by atoms with E-state index in [1.54, 1.807) is 12.1 Å². The van der Waals surface area contributed by atoms with Crippen LogP contribution in [0.3, 0.4) is 0 Å². The number of para-hydroxylation sites is 1. The first kappa shape index (κ1) is 19.4. The Bertz CT molecular complexity index is 396. The second-order valence-electron chi connectivity index (χ2n) is 4.62. The van der Waals surface area contributed by atoms with Crippen LogP contribution in [-0.2, 0) is 6.54 Å². The fourth-order valence-corrected chi connectivity index (χ4v) is 2.32. The number of likely N-dealkylation sites (tertiary alicyclic amines) is 1. The lowest BCUT2D eigenvalue weighted by atomic mass is 10.1. The van der Waals surface area contributed by atoms with E-state index in [1.165, 1.54) is 0 Å². The standard InChI is InChI=1S/C13H18F2N2O.2ClH/c14-13(15)18-12-6-2-1-4-10(12)8-17-7-3-5-11(16)9-17;;/h1-2,4,6,11,13H,3,5,7-9,16H2;2*1H. The van der Waals surface area contributed by atoms with E-state index in [0.29, 0.717) is 6.54 Å². The van der Waals surface area contributed by atoms with E-state index in [-0.39, 0.29) is 36.6 Å². The molecule has 0 amide bonds. The lowest BCUT2D eigenvalue weighted by Crippen LogP contribution is -2.42. The molecule has 7 heteroatoms. The van der Waals surface area contributed by atoms with Gasteiger partial charge in [-0.25, -0.2) is 0 Å². The Morgan fingerprint density at radius 3 is 2.65 bits per heavy atom. The van der Waals surface area contributed by atoms with Crippen LogP contribution in [0, 0.1) is 0 Å². The average molecular weight is 329 g/mol. The van der Waals surface area contributed by atoms with Crippen LogP contribution in [0.5, 0.6) is 5.75 Å². The number of hydrogen-bond acceptors (Lipinski definition) is 3. The Hall–Kier alpha value is -0.620. The zero-order chi connectivity index (χ0) is 13.0. The van der Waals surface area contributed by atoms with E-state index in [2.05, 4.69) is 9.64 Å². The lowest BCUT2D eigenvalue weighted by molar-refractivity contribution is -0.0508. The summed E-state index contributed by atoms with van der Waals surface area (Å²) in [7, 11) is 0. The number of rotatable bonds is 4. The van der Waals surface area contributed by atoms with E-state index >= 15 is 0 Å². The molecule has 0 radical (unpaired) electrons. The third-order valence-corrected chi connectivity index (χ3v) is 3.12. The van der Waals surface area contributed by atoms with Gasteiger partial charge >= 0.3 is 6.61 Å². The van der Waals surface area contributed by atoms with Gasteiger partial charge in [0.1, 0.15) is 5.75 Å². The third kappa shape index (κ3) is 5.79. The molecule has 0 aliphatic carbocycles. The van der Waals surface area contributed by atoms with Gasteiger partial charge in [0, 0.05) is 24.7 Å². The highest BCUT2D eigenvalue weighted by Gasteiger charge is 2.18. The van der Waals surface area contributed by atoms with E-state index in [1.807, 2.05) is 12.1 Å². The molecule has 0 bridgehead atoms. The van der Waals surface area contributed by atoms with Crippen molar-refractivity contribution in [3.63, 3.8) is 0 Å². The highest BCUT2D eigenvalue weighted by atomic mass is 35.5. The molecule has 0 aromatic heterocycles. The summed E-state index contributed by atoms with van der Waals surface area (Å²) in [5, 5.41) is 0. The molecule has 1 aliphatic rings. The minimum Gasteiger partial charge on any atom is -0.434 e. The SMILES string of the molecule is Cl.Cl.NC1CCCN(Cc2ccccc2OC(F)F)C1. The molecule has 0 saturated carbocycles. The second-order valence-corrected chi connectivity index (χ2v) is 4.62. The first-order valence-electron chi connectivity index (χ1n) is 6.16. The second kappa shape index (κ2) is 9.34. The molecule has 1 fully saturated rings. The van der Waals surface area contributed by atoms with E-state index in [4.69, 9.17) is 5.73 Å². The number of nitrogens with two attached hydrogens (primary N) is 1. The van der Waals surface area contributed by atoms with Crippen molar-refractivity contribution in [2.24, 2.45) is 5.73 Å². The van der Waals surface area contributed by atoms with Gasteiger partial charge in [0.25, 0.3) is 0 Å². The van der Waals surface area contributed by atoms with Gasteiger partial charge in [-0.15, -0.1) is 24.8 Å². The number of alkyl halides is 2. The van der Waals surface area contributed by atoms with Crippen molar-refractivity contribution in [2.75, 3.05) is 13.1 Å². The zero-order valence-electron chi connectivity index (χ0n) is 11.0. The van der Waals surface area contributed by atoms with E-state index in [0.717, 1.165) is 31.5 Å². The summed E-state index contributed by atoms with van der Waals surface area (Å²) in [6, 6.07) is 7.10. The first-order chi connectivity index (χ1) is 8.65. The number of ether oxygens (including phenoxy) is 1. The molecular formula is C13H20Cl2F2N2O. The fraction of sp³-hybridized carbons (Fsp3) is 0.538. The van der Waals surface area contributed by atoms with E-state index < -0.39 is 6.61 Å². The van der Waals surface area contributed by atoms with Gasteiger partial charge < -0.3 is 10.5 Å². The van der Waals surface area contributed by atoms with Crippen molar-refractivity contribution >= 4 is 24.8 Å². The molecule has 1 aromatic rings. The van der Waals surface area contributed by atoms with Crippen molar-refractivity contribution in [2.45, 2.75) is 32.0 Å². The number of benzene rings is 1. The molecule has 20 heavy (non-hydrogen) atoms. The molecule has 1 heterocycles. The van der Waals surface area contributed by atoms with Crippen LogP contribution < -0.4 is 10.5 Å². The van der Waals surface area contributed by atoms with Gasteiger partial charge in [0.05, 0.1) is 0 Å². The molecule has 2 rings (SSSR count). The van der Waals surface area contributed by atoms with Crippen LogP contribution in [0.1, 0.15) is 18.4 Å². The predicted octanol–water partition coefficient (Wildman–Crippen LogP) is 3.05. The maximum absolute atomic E-state index is 12.3.